The molecule has 0 atom stereocenters. The third-order valence-electron chi connectivity index (χ3n) is 3.75. The first kappa shape index (κ1) is 14.4. The van der Waals surface area contributed by atoms with Gasteiger partial charge in [-0.3, -0.25) is 4.79 Å². The van der Waals surface area contributed by atoms with Gasteiger partial charge in [0, 0.05) is 54.2 Å². The van der Waals surface area contributed by atoms with Crippen molar-refractivity contribution in [2.75, 3.05) is 6.54 Å². The fourth-order valence-corrected chi connectivity index (χ4v) is 2.58. The summed E-state index contributed by atoms with van der Waals surface area (Å²) in [7, 11) is 0. The minimum Gasteiger partial charge on any atom is -0.350 e. The smallest absolute Gasteiger partial charge is 0.251 e. The quantitative estimate of drug-likeness (QED) is 0.787. The highest BCUT2D eigenvalue weighted by Gasteiger charge is 2.09. The monoisotopic (exact) mass is 296 g/mol. The van der Waals surface area contributed by atoms with E-state index in [1.165, 1.54) is 0 Å². The van der Waals surface area contributed by atoms with Crippen molar-refractivity contribution >= 4 is 16.8 Å². The Morgan fingerprint density at radius 3 is 2.86 bits per heavy atom. The van der Waals surface area contributed by atoms with Crippen LogP contribution in [0.15, 0.2) is 49.2 Å². The average molecular weight is 296 g/mol. The van der Waals surface area contributed by atoms with Gasteiger partial charge in [0.05, 0.1) is 6.33 Å². The zero-order valence-electron chi connectivity index (χ0n) is 12.9. The van der Waals surface area contributed by atoms with Gasteiger partial charge in [-0.05, 0) is 38.1 Å². The lowest BCUT2D eigenvalue weighted by molar-refractivity contribution is 0.0952. The summed E-state index contributed by atoms with van der Waals surface area (Å²) in [5.41, 5.74) is 1.85. The lowest BCUT2D eigenvalue weighted by Gasteiger charge is -2.10. The summed E-state index contributed by atoms with van der Waals surface area (Å²) in [5.74, 6) is -0.0423. The van der Waals surface area contributed by atoms with Crippen molar-refractivity contribution in [2.24, 2.45) is 0 Å². The third kappa shape index (κ3) is 2.88. The van der Waals surface area contributed by atoms with Crippen molar-refractivity contribution in [3.63, 3.8) is 0 Å². The number of aromatic nitrogens is 3. The van der Waals surface area contributed by atoms with Gasteiger partial charge in [0.15, 0.2) is 0 Å². The fraction of sp³-hybridized carbons (Fsp3) is 0.294. The van der Waals surface area contributed by atoms with Crippen LogP contribution in [0.1, 0.15) is 30.2 Å². The molecule has 0 saturated carbocycles. The molecule has 1 N–H and O–H groups in total. The Kier molecular flexibility index (Phi) is 3.96. The van der Waals surface area contributed by atoms with Crippen LogP contribution in [0.3, 0.4) is 0 Å². The molecule has 5 nitrogen and oxygen atoms in total. The molecule has 0 bridgehead atoms. The van der Waals surface area contributed by atoms with Gasteiger partial charge in [0.1, 0.15) is 0 Å². The number of hydrogen-bond acceptors (Lipinski definition) is 2. The predicted molar refractivity (Wildman–Crippen MR) is 86.9 cm³/mol. The summed E-state index contributed by atoms with van der Waals surface area (Å²) in [6.45, 7) is 5.60. The molecule has 1 amide bonds. The SMILES string of the molecule is CC(C)n1ccc2cc(C(=O)NCCn3ccnc3)ccc21. The number of benzene rings is 1. The van der Waals surface area contributed by atoms with Crippen LogP contribution < -0.4 is 5.32 Å². The summed E-state index contributed by atoms with van der Waals surface area (Å²) >= 11 is 0. The summed E-state index contributed by atoms with van der Waals surface area (Å²) in [6.07, 6.45) is 7.42. The molecular formula is C17H20N4O. The topological polar surface area (TPSA) is 51.9 Å². The summed E-state index contributed by atoms with van der Waals surface area (Å²) in [4.78, 5) is 16.2. The van der Waals surface area contributed by atoms with Crippen LogP contribution in [0, 0.1) is 0 Å². The van der Waals surface area contributed by atoms with E-state index in [1.807, 2.05) is 29.0 Å². The molecule has 0 unspecified atom stereocenters. The number of nitrogens with one attached hydrogen (secondary N) is 1. The number of nitrogens with zero attached hydrogens (tertiary/aromatic N) is 3. The normalized spacial score (nSPS) is 11.2. The molecule has 0 fully saturated rings. The Morgan fingerprint density at radius 1 is 1.27 bits per heavy atom. The van der Waals surface area contributed by atoms with Gasteiger partial charge in [0.25, 0.3) is 5.91 Å². The molecular weight excluding hydrogens is 276 g/mol. The van der Waals surface area contributed by atoms with Crippen molar-refractivity contribution in [1.29, 1.82) is 0 Å². The van der Waals surface area contributed by atoms with E-state index in [-0.39, 0.29) is 5.91 Å². The third-order valence-corrected chi connectivity index (χ3v) is 3.75. The van der Waals surface area contributed by atoms with Gasteiger partial charge < -0.3 is 14.5 Å². The Balaban J connectivity index is 1.68. The molecule has 0 aliphatic carbocycles. The van der Waals surface area contributed by atoms with Crippen LogP contribution in [0.5, 0.6) is 0 Å². The van der Waals surface area contributed by atoms with Crippen LogP contribution in [-0.4, -0.2) is 26.6 Å². The van der Waals surface area contributed by atoms with E-state index in [9.17, 15) is 4.79 Å². The molecule has 2 aromatic heterocycles. The predicted octanol–water partition coefficient (Wildman–Crippen LogP) is 2.85. The number of carbonyl (C=O) groups is 1. The summed E-state index contributed by atoms with van der Waals surface area (Å²) < 4.78 is 4.14. The highest BCUT2D eigenvalue weighted by molar-refractivity contribution is 5.98. The molecule has 1 aromatic carbocycles. The van der Waals surface area contributed by atoms with Crippen molar-refractivity contribution in [3.8, 4) is 0 Å². The highest BCUT2D eigenvalue weighted by Crippen LogP contribution is 2.21. The Morgan fingerprint density at radius 2 is 2.14 bits per heavy atom. The maximum Gasteiger partial charge on any atom is 0.251 e. The minimum absolute atomic E-state index is 0.0423. The van der Waals surface area contributed by atoms with Crippen molar-refractivity contribution in [1.82, 2.24) is 19.4 Å². The first-order valence-electron chi connectivity index (χ1n) is 7.49. The summed E-state index contributed by atoms with van der Waals surface area (Å²) in [5, 5.41) is 4.03. The van der Waals surface area contributed by atoms with E-state index < -0.39 is 0 Å². The van der Waals surface area contributed by atoms with Gasteiger partial charge in [-0.25, -0.2) is 4.98 Å². The first-order chi connectivity index (χ1) is 10.6. The van der Waals surface area contributed by atoms with Gasteiger partial charge in [-0.2, -0.15) is 0 Å². The Hall–Kier alpha value is -2.56. The molecule has 114 valence electrons. The molecule has 3 rings (SSSR count). The van der Waals surface area contributed by atoms with E-state index in [4.69, 9.17) is 0 Å². The zero-order chi connectivity index (χ0) is 15.5. The second-order valence-corrected chi connectivity index (χ2v) is 5.65. The lowest BCUT2D eigenvalue weighted by Crippen LogP contribution is -2.26. The minimum atomic E-state index is -0.0423. The van der Waals surface area contributed by atoms with Crippen molar-refractivity contribution < 1.29 is 4.79 Å². The van der Waals surface area contributed by atoms with E-state index in [1.54, 1.807) is 12.5 Å². The number of hydrogen-bond donors (Lipinski definition) is 1. The Bertz CT molecular complexity index is 771. The number of imidazole rings is 1. The number of carbonyl (C=O) groups excluding carboxylic acids is 1. The molecule has 0 radical (unpaired) electrons. The maximum atomic E-state index is 12.2. The van der Waals surface area contributed by atoms with Gasteiger partial charge >= 0.3 is 0 Å². The number of fused-ring (bicyclic) bond motifs is 1. The van der Waals surface area contributed by atoms with E-state index in [0.717, 1.165) is 17.4 Å². The van der Waals surface area contributed by atoms with Gasteiger partial charge in [-0.15, -0.1) is 0 Å². The van der Waals surface area contributed by atoms with Crippen molar-refractivity contribution in [2.45, 2.75) is 26.4 Å². The van der Waals surface area contributed by atoms with Crippen LogP contribution in [0.25, 0.3) is 10.9 Å². The van der Waals surface area contributed by atoms with Crippen LogP contribution in [-0.2, 0) is 6.54 Å². The lowest BCUT2D eigenvalue weighted by atomic mass is 10.1. The van der Waals surface area contributed by atoms with E-state index in [0.29, 0.717) is 18.2 Å². The largest absolute Gasteiger partial charge is 0.350 e. The molecule has 0 spiro atoms. The maximum absolute atomic E-state index is 12.2. The fourth-order valence-electron chi connectivity index (χ4n) is 2.58. The molecule has 22 heavy (non-hydrogen) atoms. The Labute approximate surface area is 129 Å². The van der Waals surface area contributed by atoms with E-state index in [2.05, 4.69) is 41.0 Å². The average Bonchev–Trinajstić information content (AvgIpc) is 3.15. The molecule has 0 aliphatic heterocycles. The first-order valence-corrected chi connectivity index (χ1v) is 7.49. The van der Waals surface area contributed by atoms with E-state index >= 15 is 0 Å². The molecule has 2 heterocycles. The number of rotatable bonds is 5. The second-order valence-electron chi connectivity index (χ2n) is 5.65. The number of amides is 1. The molecule has 0 aliphatic rings. The van der Waals surface area contributed by atoms with Gasteiger partial charge in [0.2, 0.25) is 0 Å². The summed E-state index contributed by atoms with van der Waals surface area (Å²) in [6, 6.07) is 8.30. The highest BCUT2D eigenvalue weighted by atomic mass is 16.1. The molecule has 0 saturated heterocycles. The van der Waals surface area contributed by atoms with Gasteiger partial charge in [-0.1, -0.05) is 0 Å². The molecule has 5 heteroatoms. The molecule has 3 aromatic rings. The van der Waals surface area contributed by atoms with Crippen molar-refractivity contribution in [3.05, 3.63) is 54.7 Å². The zero-order valence-corrected chi connectivity index (χ0v) is 12.9. The van der Waals surface area contributed by atoms with Crippen LogP contribution in [0.2, 0.25) is 0 Å². The second kappa shape index (κ2) is 6.05. The standard InChI is InChI=1S/C17H20N4O/c1-13(2)21-8-5-14-11-15(3-4-16(14)21)17(22)19-7-10-20-9-6-18-12-20/h3-6,8-9,11-13H,7,10H2,1-2H3,(H,19,22). The van der Waals surface area contributed by atoms with Crippen LogP contribution in [0.4, 0.5) is 0 Å². The van der Waals surface area contributed by atoms with Crippen LogP contribution >= 0.6 is 0 Å².